The lowest BCUT2D eigenvalue weighted by Crippen LogP contribution is -2.01. The summed E-state index contributed by atoms with van der Waals surface area (Å²) in [6, 6.07) is 18.8. The second-order valence-corrected chi connectivity index (χ2v) is 6.54. The summed E-state index contributed by atoms with van der Waals surface area (Å²) in [7, 11) is -4.08. The third-order valence-corrected chi connectivity index (χ3v) is 4.05. The Bertz CT molecular complexity index is 977. The minimum atomic E-state index is -4.08. The number of nitrogens with two attached hydrogens (primary N) is 1. The maximum absolute atomic E-state index is 10.8. The van der Waals surface area contributed by atoms with E-state index in [-0.39, 0.29) is 10.9 Å². The van der Waals surface area contributed by atoms with Gasteiger partial charge in [-0.1, -0.05) is 36.4 Å². The van der Waals surface area contributed by atoms with E-state index in [9.17, 15) is 13.2 Å². The van der Waals surface area contributed by atoms with E-state index in [0.29, 0.717) is 11.4 Å². The molecule has 0 unspecified atom stereocenters. The van der Waals surface area contributed by atoms with Crippen LogP contribution < -0.4 is 10.5 Å². The van der Waals surface area contributed by atoms with E-state index in [1.807, 2.05) is 36.4 Å². The van der Waals surface area contributed by atoms with Gasteiger partial charge in [0, 0.05) is 18.0 Å². The number of anilines is 1. The Morgan fingerprint density at radius 2 is 1.56 bits per heavy atom. The molecule has 3 aromatic carbocycles. The van der Waals surface area contributed by atoms with Crippen molar-refractivity contribution in [1.29, 1.82) is 0 Å². The van der Waals surface area contributed by atoms with E-state index in [2.05, 4.69) is 0 Å². The lowest BCUT2D eigenvalue weighted by atomic mass is 10.1. The van der Waals surface area contributed by atoms with Crippen LogP contribution in [0.3, 0.4) is 0 Å². The van der Waals surface area contributed by atoms with Gasteiger partial charge < -0.3 is 10.5 Å². The van der Waals surface area contributed by atoms with Crippen molar-refractivity contribution in [1.82, 2.24) is 0 Å². The highest BCUT2D eigenvalue weighted by molar-refractivity contribution is 7.85. The van der Waals surface area contributed by atoms with Crippen molar-refractivity contribution >= 4 is 32.5 Å². The van der Waals surface area contributed by atoms with Crippen LogP contribution in [0.25, 0.3) is 10.8 Å². The van der Waals surface area contributed by atoms with Gasteiger partial charge in [-0.15, -0.1) is 0 Å². The molecule has 6 nitrogen and oxygen atoms in total. The second-order valence-electron chi connectivity index (χ2n) is 5.12. The van der Waals surface area contributed by atoms with Crippen molar-refractivity contribution in [3.8, 4) is 5.75 Å². The van der Waals surface area contributed by atoms with Crippen LogP contribution in [0.4, 0.5) is 5.69 Å². The molecule has 0 atom stereocenters. The molecule has 0 amide bonds. The number of hydrogen-bond donors (Lipinski definition) is 2. The van der Waals surface area contributed by atoms with Crippen molar-refractivity contribution in [2.75, 3.05) is 5.73 Å². The number of hydrogen-bond acceptors (Lipinski definition) is 5. The molecule has 3 N–H and O–H groups in total. The number of fused-ring (bicyclic) bond motifs is 1. The lowest BCUT2D eigenvalue weighted by Gasteiger charge is -2.04. The summed E-state index contributed by atoms with van der Waals surface area (Å²) in [5, 5.41) is 2.04. The van der Waals surface area contributed by atoms with Gasteiger partial charge in [-0.05, 0) is 35.7 Å². The Hall–Kier alpha value is -2.90. The average Bonchev–Trinajstić information content (AvgIpc) is 2.55. The number of rotatable bonds is 2. The SMILES string of the molecule is CC(=O)Oc1cccc2ccccc12.Nc1ccc(S(=O)(=O)O)cc1. The highest BCUT2D eigenvalue weighted by Crippen LogP contribution is 2.24. The number of nitrogen functional groups attached to an aromatic ring is 1. The fraction of sp³-hybridized carbons (Fsp3) is 0.0556. The molecular formula is C18H17NO5S. The van der Waals surface area contributed by atoms with Crippen molar-refractivity contribution in [3.63, 3.8) is 0 Å². The van der Waals surface area contributed by atoms with E-state index in [1.54, 1.807) is 6.07 Å². The van der Waals surface area contributed by atoms with E-state index in [1.165, 1.54) is 31.2 Å². The van der Waals surface area contributed by atoms with Crippen LogP contribution >= 0.6 is 0 Å². The molecule has 0 aliphatic carbocycles. The molecule has 3 rings (SSSR count). The first-order valence-corrected chi connectivity index (χ1v) is 8.70. The van der Waals surface area contributed by atoms with Crippen molar-refractivity contribution < 1.29 is 22.5 Å². The molecule has 25 heavy (non-hydrogen) atoms. The molecule has 0 saturated carbocycles. The first-order valence-electron chi connectivity index (χ1n) is 7.26. The van der Waals surface area contributed by atoms with Crippen molar-refractivity contribution in [2.24, 2.45) is 0 Å². The smallest absolute Gasteiger partial charge is 0.308 e. The van der Waals surface area contributed by atoms with Crippen LogP contribution in [-0.2, 0) is 14.9 Å². The molecular weight excluding hydrogens is 342 g/mol. The Morgan fingerprint density at radius 1 is 0.960 bits per heavy atom. The molecule has 130 valence electrons. The number of benzene rings is 3. The predicted octanol–water partition coefficient (Wildman–Crippen LogP) is 3.28. The van der Waals surface area contributed by atoms with Gasteiger partial charge in [0.1, 0.15) is 5.75 Å². The molecule has 0 aliphatic rings. The summed E-state index contributed by atoms with van der Waals surface area (Å²) in [4.78, 5) is 10.7. The quantitative estimate of drug-likeness (QED) is 0.315. The molecule has 0 spiro atoms. The molecule has 0 fully saturated rings. The first-order chi connectivity index (χ1) is 11.8. The zero-order valence-electron chi connectivity index (χ0n) is 13.4. The topological polar surface area (TPSA) is 107 Å². The largest absolute Gasteiger partial charge is 0.426 e. The molecule has 0 radical (unpaired) electrons. The maximum Gasteiger partial charge on any atom is 0.308 e. The normalized spacial score (nSPS) is 10.6. The molecule has 7 heteroatoms. The monoisotopic (exact) mass is 359 g/mol. The zero-order valence-corrected chi connectivity index (χ0v) is 14.2. The molecule has 3 aromatic rings. The fourth-order valence-electron chi connectivity index (χ4n) is 2.08. The maximum atomic E-state index is 10.8. The molecule has 0 bridgehead atoms. The molecule has 0 aromatic heterocycles. The van der Waals surface area contributed by atoms with E-state index in [4.69, 9.17) is 15.0 Å². The van der Waals surface area contributed by atoms with Gasteiger partial charge in [-0.2, -0.15) is 8.42 Å². The summed E-state index contributed by atoms with van der Waals surface area (Å²) in [6.07, 6.45) is 0. The standard InChI is InChI=1S/C12H10O2.C6H7NO3S/c1-9(13)14-12-8-4-6-10-5-2-3-7-11(10)12;7-5-1-3-6(4-2-5)11(8,9)10/h2-8H,1H3;1-4H,7H2,(H,8,9,10). The fourth-order valence-corrected chi connectivity index (χ4v) is 2.56. The molecule has 0 saturated heterocycles. The summed E-state index contributed by atoms with van der Waals surface area (Å²) in [5.41, 5.74) is 5.75. The van der Waals surface area contributed by atoms with Gasteiger partial charge in [0.25, 0.3) is 10.1 Å². The van der Waals surface area contributed by atoms with Crippen LogP contribution in [0.1, 0.15) is 6.92 Å². The second kappa shape index (κ2) is 7.78. The first kappa shape index (κ1) is 18.4. The molecule has 0 heterocycles. The van der Waals surface area contributed by atoms with Crippen molar-refractivity contribution in [3.05, 3.63) is 66.7 Å². The number of ether oxygens (including phenoxy) is 1. The van der Waals surface area contributed by atoms with Gasteiger partial charge in [0.05, 0.1) is 4.90 Å². The van der Waals surface area contributed by atoms with E-state index < -0.39 is 10.1 Å². The number of carbonyl (C=O) groups excluding carboxylic acids is 1. The third-order valence-electron chi connectivity index (χ3n) is 3.18. The third kappa shape index (κ3) is 5.30. The Balaban J connectivity index is 0.000000186. The van der Waals surface area contributed by atoms with E-state index in [0.717, 1.165) is 10.8 Å². The zero-order chi connectivity index (χ0) is 18.4. The van der Waals surface area contributed by atoms with Crippen LogP contribution in [0.5, 0.6) is 5.75 Å². The van der Waals surface area contributed by atoms with Gasteiger partial charge in [0.2, 0.25) is 0 Å². The van der Waals surface area contributed by atoms with E-state index >= 15 is 0 Å². The minimum Gasteiger partial charge on any atom is -0.426 e. The highest BCUT2D eigenvalue weighted by atomic mass is 32.2. The van der Waals surface area contributed by atoms with Gasteiger partial charge in [-0.25, -0.2) is 0 Å². The predicted molar refractivity (Wildman–Crippen MR) is 95.9 cm³/mol. The summed E-state index contributed by atoms with van der Waals surface area (Å²) in [6.45, 7) is 1.40. The summed E-state index contributed by atoms with van der Waals surface area (Å²) >= 11 is 0. The van der Waals surface area contributed by atoms with Gasteiger partial charge in [0.15, 0.2) is 0 Å². The van der Waals surface area contributed by atoms with Crippen LogP contribution in [-0.4, -0.2) is 18.9 Å². The van der Waals surface area contributed by atoms with Gasteiger partial charge >= 0.3 is 5.97 Å². The number of esters is 1. The average molecular weight is 359 g/mol. The summed E-state index contributed by atoms with van der Waals surface area (Å²) in [5.74, 6) is 0.331. The highest BCUT2D eigenvalue weighted by Gasteiger charge is 2.07. The van der Waals surface area contributed by atoms with Crippen LogP contribution in [0, 0.1) is 0 Å². The van der Waals surface area contributed by atoms with Gasteiger partial charge in [-0.3, -0.25) is 9.35 Å². The Labute approximate surface area is 145 Å². The number of carbonyl (C=O) groups is 1. The van der Waals surface area contributed by atoms with Crippen LogP contribution in [0.15, 0.2) is 71.6 Å². The van der Waals surface area contributed by atoms with Crippen LogP contribution in [0.2, 0.25) is 0 Å². The Kier molecular flexibility index (Phi) is 5.74. The lowest BCUT2D eigenvalue weighted by molar-refractivity contribution is -0.131. The Morgan fingerprint density at radius 3 is 2.16 bits per heavy atom. The van der Waals surface area contributed by atoms with Crippen molar-refractivity contribution in [2.45, 2.75) is 11.8 Å². The minimum absolute atomic E-state index is 0.147. The molecule has 0 aliphatic heterocycles. The summed E-state index contributed by atoms with van der Waals surface area (Å²) < 4.78 is 34.5.